The van der Waals surface area contributed by atoms with Gasteiger partial charge in [-0.25, -0.2) is 4.98 Å². The maximum atomic E-state index is 4.54. The summed E-state index contributed by atoms with van der Waals surface area (Å²) < 4.78 is 3.84. The summed E-state index contributed by atoms with van der Waals surface area (Å²) in [6.07, 6.45) is 5.52. The van der Waals surface area contributed by atoms with E-state index in [2.05, 4.69) is 47.5 Å². The molecule has 0 spiro atoms. The number of nitrogens with zero attached hydrogens (tertiary/aromatic N) is 5. The van der Waals surface area contributed by atoms with E-state index in [1.54, 1.807) is 6.33 Å². The second kappa shape index (κ2) is 6.65. The minimum atomic E-state index is 0.234. The lowest BCUT2D eigenvalue weighted by atomic mass is 10.0. The average molecular weight is 276 g/mol. The topological polar surface area (TPSA) is 60.6 Å². The maximum absolute atomic E-state index is 4.54. The summed E-state index contributed by atoms with van der Waals surface area (Å²) in [6.45, 7) is 8.12. The van der Waals surface area contributed by atoms with Crippen LogP contribution < -0.4 is 5.32 Å². The molecule has 0 bridgehead atoms. The zero-order chi connectivity index (χ0) is 14.5. The van der Waals surface area contributed by atoms with E-state index in [1.165, 1.54) is 5.56 Å². The third kappa shape index (κ3) is 3.07. The predicted molar refractivity (Wildman–Crippen MR) is 78.4 cm³/mol. The van der Waals surface area contributed by atoms with Gasteiger partial charge in [0.1, 0.15) is 12.2 Å². The highest BCUT2D eigenvalue weighted by atomic mass is 15.3. The first-order valence-corrected chi connectivity index (χ1v) is 7.32. The number of hydrogen-bond donors (Lipinski definition) is 1. The van der Waals surface area contributed by atoms with Crippen LogP contribution in [0.2, 0.25) is 0 Å². The second-order valence-corrected chi connectivity index (χ2v) is 4.86. The molecular formula is C14H24N6. The van der Waals surface area contributed by atoms with E-state index >= 15 is 0 Å². The van der Waals surface area contributed by atoms with E-state index < -0.39 is 0 Å². The number of likely N-dealkylation sites (N-methyl/N-ethyl adjacent to an activating group) is 1. The van der Waals surface area contributed by atoms with Crippen molar-refractivity contribution in [3.05, 3.63) is 29.6 Å². The van der Waals surface area contributed by atoms with E-state index in [9.17, 15) is 0 Å². The Balaban J connectivity index is 2.26. The molecule has 2 rings (SSSR count). The van der Waals surface area contributed by atoms with Gasteiger partial charge in [-0.05, 0) is 19.9 Å². The first kappa shape index (κ1) is 14.7. The van der Waals surface area contributed by atoms with Crippen LogP contribution in [0.5, 0.6) is 0 Å². The van der Waals surface area contributed by atoms with Crippen LogP contribution in [0.3, 0.4) is 0 Å². The van der Waals surface area contributed by atoms with Crippen molar-refractivity contribution in [2.45, 2.75) is 46.2 Å². The summed E-state index contributed by atoms with van der Waals surface area (Å²) in [6, 6.07) is 0.234. The van der Waals surface area contributed by atoms with Gasteiger partial charge in [0.2, 0.25) is 0 Å². The molecule has 1 unspecified atom stereocenters. The smallest absolute Gasteiger partial charge is 0.138 e. The van der Waals surface area contributed by atoms with Crippen LogP contribution in [0.25, 0.3) is 0 Å². The zero-order valence-corrected chi connectivity index (χ0v) is 12.8. The lowest BCUT2D eigenvalue weighted by molar-refractivity contribution is 0.507. The molecule has 0 saturated heterocycles. The van der Waals surface area contributed by atoms with Crippen LogP contribution in [0, 0.1) is 0 Å². The molecule has 1 atom stereocenters. The number of rotatable bonds is 7. The van der Waals surface area contributed by atoms with Crippen molar-refractivity contribution in [3.63, 3.8) is 0 Å². The van der Waals surface area contributed by atoms with Gasteiger partial charge < -0.3 is 5.32 Å². The third-order valence-corrected chi connectivity index (χ3v) is 3.48. The molecule has 0 aliphatic carbocycles. The SMILES string of the molecule is CCNC(Cc1ncnn1CC)c1cn(C)nc1CC. The Morgan fingerprint density at radius 1 is 1.30 bits per heavy atom. The molecule has 0 amide bonds. The van der Waals surface area contributed by atoms with E-state index in [4.69, 9.17) is 0 Å². The highest BCUT2D eigenvalue weighted by molar-refractivity contribution is 5.22. The molecule has 2 heterocycles. The Bertz CT molecular complexity index is 542. The van der Waals surface area contributed by atoms with Gasteiger partial charge in [0.15, 0.2) is 0 Å². The molecule has 110 valence electrons. The minimum Gasteiger partial charge on any atom is -0.310 e. The Morgan fingerprint density at radius 3 is 2.75 bits per heavy atom. The lowest BCUT2D eigenvalue weighted by Crippen LogP contribution is -2.25. The highest BCUT2D eigenvalue weighted by Gasteiger charge is 2.19. The van der Waals surface area contributed by atoms with Gasteiger partial charge in [-0.3, -0.25) is 9.36 Å². The van der Waals surface area contributed by atoms with E-state index in [1.807, 2.05) is 16.4 Å². The van der Waals surface area contributed by atoms with Crippen molar-refractivity contribution in [3.8, 4) is 0 Å². The molecule has 0 aromatic carbocycles. The fourth-order valence-electron chi connectivity index (χ4n) is 2.55. The lowest BCUT2D eigenvalue weighted by Gasteiger charge is -2.17. The zero-order valence-electron chi connectivity index (χ0n) is 12.8. The van der Waals surface area contributed by atoms with Gasteiger partial charge in [-0.15, -0.1) is 0 Å². The van der Waals surface area contributed by atoms with Crippen LogP contribution in [0.15, 0.2) is 12.5 Å². The highest BCUT2D eigenvalue weighted by Crippen LogP contribution is 2.21. The fourth-order valence-corrected chi connectivity index (χ4v) is 2.55. The summed E-state index contributed by atoms with van der Waals surface area (Å²) in [7, 11) is 1.97. The molecule has 0 aliphatic rings. The Kier molecular flexibility index (Phi) is 4.89. The maximum Gasteiger partial charge on any atom is 0.138 e. The molecule has 6 heteroatoms. The van der Waals surface area contributed by atoms with Crippen molar-refractivity contribution >= 4 is 0 Å². The minimum absolute atomic E-state index is 0.234. The number of aromatic nitrogens is 5. The molecule has 0 aliphatic heterocycles. The molecule has 2 aromatic rings. The molecular weight excluding hydrogens is 252 g/mol. The van der Waals surface area contributed by atoms with Gasteiger partial charge >= 0.3 is 0 Å². The molecule has 0 fully saturated rings. The number of nitrogens with one attached hydrogen (secondary N) is 1. The molecule has 20 heavy (non-hydrogen) atoms. The normalized spacial score (nSPS) is 12.8. The first-order valence-electron chi connectivity index (χ1n) is 7.32. The third-order valence-electron chi connectivity index (χ3n) is 3.48. The Hall–Kier alpha value is -1.69. The average Bonchev–Trinajstić information content (AvgIpc) is 3.04. The van der Waals surface area contributed by atoms with E-state index in [0.29, 0.717) is 0 Å². The summed E-state index contributed by atoms with van der Waals surface area (Å²) >= 11 is 0. The summed E-state index contributed by atoms with van der Waals surface area (Å²) in [5, 5.41) is 12.3. The van der Waals surface area contributed by atoms with Gasteiger partial charge in [0, 0.05) is 37.8 Å². The number of aryl methyl sites for hydroxylation is 3. The predicted octanol–water partition coefficient (Wildman–Crippen LogP) is 1.49. The summed E-state index contributed by atoms with van der Waals surface area (Å²) in [5.41, 5.74) is 2.42. The van der Waals surface area contributed by atoms with Crippen molar-refractivity contribution in [2.24, 2.45) is 7.05 Å². The van der Waals surface area contributed by atoms with Gasteiger partial charge in [0.05, 0.1) is 5.69 Å². The largest absolute Gasteiger partial charge is 0.310 e. The fraction of sp³-hybridized carbons (Fsp3) is 0.643. The molecule has 0 radical (unpaired) electrons. The summed E-state index contributed by atoms with van der Waals surface area (Å²) in [4.78, 5) is 4.38. The van der Waals surface area contributed by atoms with Gasteiger partial charge in [-0.1, -0.05) is 13.8 Å². The quantitative estimate of drug-likeness (QED) is 0.832. The van der Waals surface area contributed by atoms with Crippen LogP contribution in [0.4, 0.5) is 0 Å². The van der Waals surface area contributed by atoms with Gasteiger partial charge in [0.25, 0.3) is 0 Å². The molecule has 0 saturated carbocycles. The van der Waals surface area contributed by atoms with E-state index in [-0.39, 0.29) is 6.04 Å². The van der Waals surface area contributed by atoms with Crippen molar-refractivity contribution in [1.29, 1.82) is 0 Å². The standard InChI is InChI=1S/C14H24N6/c1-5-12-11(9-19(4)18-12)13(15-6-2)8-14-16-10-17-20(14)7-3/h9-10,13,15H,5-8H2,1-4H3. The number of hydrogen-bond acceptors (Lipinski definition) is 4. The molecule has 1 N–H and O–H groups in total. The van der Waals surface area contributed by atoms with Crippen molar-refractivity contribution in [2.75, 3.05) is 6.54 Å². The first-order chi connectivity index (χ1) is 9.69. The Morgan fingerprint density at radius 2 is 2.10 bits per heavy atom. The van der Waals surface area contributed by atoms with Crippen molar-refractivity contribution < 1.29 is 0 Å². The Labute approximate surface area is 120 Å². The molecule has 6 nitrogen and oxygen atoms in total. The van der Waals surface area contributed by atoms with Crippen LogP contribution in [0.1, 0.15) is 43.9 Å². The van der Waals surface area contributed by atoms with Gasteiger partial charge in [-0.2, -0.15) is 10.2 Å². The second-order valence-electron chi connectivity index (χ2n) is 4.86. The van der Waals surface area contributed by atoms with E-state index in [0.717, 1.165) is 37.4 Å². The van der Waals surface area contributed by atoms with Crippen LogP contribution >= 0.6 is 0 Å². The van der Waals surface area contributed by atoms with Crippen molar-refractivity contribution in [1.82, 2.24) is 29.9 Å². The van der Waals surface area contributed by atoms with Crippen LogP contribution in [-0.4, -0.2) is 31.1 Å². The van der Waals surface area contributed by atoms with Crippen LogP contribution in [-0.2, 0) is 26.4 Å². The summed E-state index contributed by atoms with van der Waals surface area (Å²) in [5.74, 6) is 1.02. The molecule has 2 aromatic heterocycles. The monoisotopic (exact) mass is 276 g/mol.